The van der Waals surface area contributed by atoms with E-state index in [1.54, 1.807) is 0 Å². The summed E-state index contributed by atoms with van der Waals surface area (Å²) in [6, 6.07) is 7.05. The van der Waals surface area contributed by atoms with E-state index in [0.717, 1.165) is 17.5 Å². The van der Waals surface area contributed by atoms with Crippen molar-refractivity contribution < 1.29 is 17.9 Å². The lowest BCUT2D eigenvalue weighted by Gasteiger charge is -2.29. The molecular weight excluding hydrogens is 301 g/mol. The third-order valence-corrected chi connectivity index (χ3v) is 4.59. The zero-order valence-electron chi connectivity index (χ0n) is 10.9. The first-order valence-corrected chi connectivity index (χ1v) is 7.26. The minimum absolute atomic E-state index is 0.379. The number of hydrogen-bond acceptors (Lipinski definition) is 4. The van der Waals surface area contributed by atoms with Crippen LogP contribution in [0.3, 0.4) is 0 Å². The molecule has 0 amide bonds. The summed E-state index contributed by atoms with van der Waals surface area (Å²) in [5.41, 5.74) is 8.19. The predicted molar refractivity (Wildman–Crippen MR) is 72.9 cm³/mol. The summed E-state index contributed by atoms with van der Waals surface area (Å²) in [7, 11) is 0. The molecule has 2 N–H and O–H groups in total. The second kappa shape index (κ2) is 5.40. The molecule has 2 atom stereocenters. The molecular formula is C14H13F3N2OS. The van der Waals surface area contributed by atoms with Gasteiger partial charge in [0.15, 0.2) is 5.01 Å². The first-order valence-electron chi connectivity index (χ1n) is 6.44. The SMILES string of the molecule is NC(c1cnc(C(F)(F)F)s1)C1OCCc2ccccc21. The molecule has 2 unspecified atom stereocenters. The summed E-state index contributed by atoms with van der Waals surface area (Å²) in [6.07, 6.45) is -2.89. The van der Waals surface area contributed by atoms with Crippen molar-refractivity contribution in [3.8, 4) is 0 Å². The van der Waals surface area contributed by atoms with Gasteiger partial charge in [0.1, 0.15) is 6.10 Å². The van der Waals surface area contributed by atoms with E-state index in [4.69, 9.17) is 10.5 Å². The second-order valence-electron chi connectivity index (χ2n) is 4.83. The lowest BCUT2D eigenvalue weighted by atomic mass is 9.93. The van der Waals surface area contributed by atoms with E-state index in [0.29, 0.717) is 22.8 Å². The van der Waals surface area contributed by atoms with Gasteiger partial charge in [-0.2, -0.15) is 13.2 Å². The second-order valence-corrected chi connectivity index (χ2v) is 5.89. The Morgan fingerprint density at radius 3 is 2.81 bits per heavy atom. The molecule has 1 aliphatic rings. The van der Waals surface area contributed by atoms with E-state index in [2.05, 4.69) is 4.98 Å². The molecule has 0 radical (unpaired) electrons. The minimum atomic E-state index is -4.44. The molecule has 2 aromatic rings. The zero-order valence-corrected chi connectivity index (χ0v) is 11.7. The van der Waals surface area contributed by atoms with E-state index in [1.165, 1.54) is 6.20 Å². The van der Waals surface area contributed by atoms with Gasteiger partial charge in [0.25, 0.3) is 0 Å². The number of halogens is 3. The highest BCUT2D eigenvalue weighted by Crippen LogP contribution is 2.40. The summed E-state index contributed by atoms with van der Waals surface area (Å²) in [5.74, 6) is 0. The summed E-state index contributed by atoms with van der Waals surface area (Å²) in [4.78, 5) is 3.80. The summed E-state index contributed by atoms with van der Waals surface area (Å²) in [6.45, 7) is 0.514. The van der Waals surface area contributed by atoms with Gasteiger partial charge in [-0.05, 0) is 17.5 Å². The number of thiazole rings is 1. The number of rotatable bonds is 2. The molecule has 0 saturated heterocycles. The first-order chi connectivity index (χ1) is 9.97. The topological polar surface area (TPSA) is 48.1 Å². The fraction of sp³-hybridized carbons (Fsp3) is 0.357. The van der Waals surface area contributed by atoms with E-state index in [9.17, 15) is 13.2 Å². The molecule has 3 rings (SSSR count). The number of alkyl halides is 3. The maximum Gasteiger partial charge on any atom is 0.443 e. The molecule has 112 valence electrons. The quantitative estimate of drug-likeness (QED) is 0.923. The monoisotopic (exact) mass is 314 g/mol. The first kappa shape index (κ1) is 14.5. The number of hydrogen-bond donors (Lipinski definition) is 1. The molecule has 1 aliphatic heterocycles. The molecule has 21 heavy (non-hydrogen) atoms. The largest absolute Gasteiger partial charge is 0.443 e. The van der Waals surface area contributed by atoms with E-state index < -0.39 is 23.3 Å². The molecule has 3 nitrogen and oxygen atoms in total. The summed E-state index contributed by atoms with van der Waals surface area (Å²) >= 11 is 0.575. The Kier molecular flexibility index (Phi) is 3.73. The van der Waals surface area contributed by atoms with Gasteiger partial charge in [-0.1, -0.05) is 24.3 Å². The average Bonchev–Trinajstić information content (AvgIpc) is 2.96. The van der Waals surface area contributed by atoms with Gasteiger partial charge in [0, 0.05) is 11.1 Å². The van der Waals surface area contributed by atoms with Gasteiger partial charge in [-0.15, -0.1) is 11.3 Å². The molecule has 2 heterocycles. The molecule has 0 saturated carbocycles. The van der Waals surface area contributed by atoms with Crippen LogP contribution in [0.5, 0.6) is 0 Å². The van der Waals surface area contributed by atoms with Gasteiger partial charge >= 0.3 is 6.18 Å². The van der Waals surface area contributed by atoms with Gasteiger partial charge in [0.05, 0.1) is 12.6 Å². The van der Waals surface area contributed by atoms with Crippen molar-refractivity contribution in [2.45, 2.75) is 24.7 Å². The highest BCUT2D eigenvalue weighted by Gasteiger charge is 2.36. The van der Waals surface area contributed by atoms with Crippen LogP contribution in [0, 0.1) is 0 Å². The maximum absolute atomic E-state index is 12.6. The van der Waals surface area contributed by atoms with E-state index >= 15 is 0 Å². The highest BCUT2D eigenvalue weighted by molar-refractivity contribution is 7.11. The normalized spacial score (nSPS) is 20.1. The van der Waals surface area contributed by atoms with Crippen molar-refractivity contribution in [1.29, 1.82) is 0 Å². The van der Waals surface area contributed by atoms with Crippen molar-refractivity contribution in [3.63, 3.8) is 0 Å². The van der Waals surface area contributed by atoms with Crippen LogP contribution < -0.4 is 5.73 Å². The van der Waals surface area contributed by atoms with Crippen LogP contribution in [0.1, 0.15) is 33.2 Å². The van der Waals surface area contributed by atoms with Crippen LogP contribution in [0.4, 0.5) is 13.2 Å². The summed E-state index contributed by atoms with van der Waals surface area (Å²) < 4.78 is 43.6. The Labute approximate surface area is 123 Å². The van der Waals surface area contributed by atoms with Crippen LogP contribution in [0.15, 0.2) is 30.5 Å². The Hall–Kier alpha value is -1.44. The predicted octanol–water partition coefficient (Wildman–Crippen LogP) is 3.48. The molecule has 0 bridgehead atoms. The molecule has 0 aliphatic carbocycles. The molecule has 7 heteroatoms. The van der Waals surface area contributed by atoms with Crippen LogP contribution >= 0.6 is 11.3 Å². The Morgan fingerprint density at radius 2 is 2.10 bits per heavy atom. The molecule has 0 spiro atoms. The zero-order chi connectivity index (χ0) is 15.0. The molecule has 0 fully saturated rings. The van der Waals surface area contributed by atoms with Gasteiger partial charge < -0.3 is 10.5 Å². The fourth-order valence-electron chi connectivity index (χ4n) is 2.44. The Morgan fingerprint density at radius 1 is 1.33 bits per heavy atom. The van der Waals surface area contributed by atoms with Crippen LogP contribution in [-0.2, 0) is 17.3 Å². The van der Waals surface area contributed by atoms with E-state index in [-0.39, 0.29) is 0 Å². The van der Waals surface area contributed by atoms with Crippen molar-refractivity contribution in [2.24, 2.45) is 5.73 Å². The van der Waals surface area contributed by atoms with Crippen molar-refractivity contribution in [3.05, 3.63) is 51.5 Å². The third-order valence-electron chi connectivity index (χ3n) is 3.45. The fourth-order valence-corrected chi connectivity index (χ4v) is 3.25. The van der Waals surface area contributed by atoms with Crippen molar-refractivity contribution >= 4 is 11.3 Å². The van der Waals surface area contributed by atoms with Crippen LogP contribution in [0.25, 0.3) is 0 Å². The number of benzene rings is 1. The van der Waals surface area contributed by atoms with Crippen LogP contribution in [0.2, 0.25) is 0 Å². The smallest absolute Gasteiger partial charge is 0.371 e. The third kappa shape index (κ3) is 2.81. The highest BCUT2D eigenvalue weighted by atomic mass is 32.1. The lowest BCUT2D eigenvalue weighted by Crippen LogP contribution is -2.26. The average molecular weight is 314 g/mol. The van der Waals surface area contributed by atoms with E-state index in [1.807, 2.05) is 24.3 Å². The lowest BCUT2D eigenvalue weighted by molar-refractivity contribution is -0.137. The van der Waals surface area contributed by atoms with Gasteiger partial charge in [0.2, 0.25) is 0 Å². The van der Waals surface area contributed by atoms with Gasteiger partial charge in [-0.3, -0.25) is 0 Å². The Balaban J connectivity index is 1.89. The maximum atomic E-state index is 12.6. The molecule has 1 aromatic carbocycles. The van der Waals surface area contributed by atoms with Crippen molar-refractivity contribution in [2.75, 3.05) is 6.61 Å². The number of nitrogens with two attached hydrogens (primary N) is 1. The Bertz CT molecular complexity index is 641. The minimum Gasteiger partial charge on any atom is -0.371 e. The number of aromatic nitrogens is 1. The number of fused-ring (bicyclic) bond motifs is 1. The van der Waals surface area contributed by atoms with Crippen molar-refractivity contribution in [1.82, 2.24) is 4.98 Å². The molecule has 1 aromatic heterocycles. The number of nitrogens with zero attached hydrogens (tertiary/aromatic N) is 1. The van der Waals surface area contributed by atoms with Gasteiger partial charge in [-0.25, -0.2) is 4.98 Å². The summed E-state index contributed by atoms with van der Waals surface area (Å²) in [5, 5.41) is -0.878. The van der Waals surface area contributed by atoms with Crippen LogP contribution in [-0.4, -0.2) is 11.6 Å². The standard InChI is InChI=1S/C14H13F3N2OS/c15-14(16,17)13-19-7-10(21-13)11(18)12-9-4-2-1-3-8(9)5-6-20-12/h1-4,7,11-12H,5-6,18H2. The number of ether oxygens (including phenoxy) is 1.